The minimum absolute atomic E-state index is 0.00466. The number of sulfone groups is 1. The van der Waals surface area contributed by atoms with Gasteiger partial charge in [-0.1, -0.05) is 36.4 Å². The lowest BCUT2D eigenvalue weighted by Gasteiger charge is -2.14. The molecule has 0 spiro atoms. The number of nitrogen functional groups attached to an aromatic ring is 1. The van der Waals surface area contributed by atoms with Crippen molar-refractivity contribution in [2.75, 3.05) is 28.7 Å². The summed E-state index contributed by atoms with van der Waals surface area (Å²) in [6, 6.07) is 15.3. The van der Waals surface area contributed by atoms with Crippen molar-refractivity contribution in [3.63, 3.8) is 0 Å². The Labute approximate surface area is 294 Å². The van der Waals surface area contributed by atoms with Crippen molar-refractivity contribution in [3.8, 4) is 5.75 Å². The number of phenols is 1. The van der Waals surface area contributed by atoms with Gasteiger partial charge in [0.25, 0.3) is 20.2 Å². The molecule has 0 atom stereocenters. The van der Waals surface area contributed by atoms with Crippen LogP contribution in [0.5, 0.6) is 5.75 Å². The summed E-state index contributed by atoms with van der Waals surface area (Å²) in [5, 5.41) is 24.3. The summed E-state index contributed by atoms with van der Waals surface area (Å²) < 4.78 is 128. The lowest BCUT2D eigenvalue weighted by molar-refractivity contribution is 0.284. The molecular formula is C27H24N8O13S4. The van der Waals surface area contributed by atoms with Crippen molar-refractivity contribution in [2.24, 2.45) is 10.2 Å². The normalized spacial score (nSPS) is 12.7. The van der Waals surface area contributed by atoms with Gasteiger partial charge in [0.1, 0.15) is 21.2 Å². The van der Waals surface area contributed by atoms with Crippen molar-refractivity contribution in [2.45, 2.75) is 14.7 Å². The van der Waals surface area contributed by atoms with Crippen LogP contribution in [0, 0.1) is 0 Å². The van der Waals surface area contributed by atoms with Gasteiger partial charge in [-0.25, -0.2) is 12.6 Å². The van der Waals surface area contributed by atoms with Crippen LogP contribution in [0.4, 0.5) is 40.6 Å². The first kappa shape index (κ1) is 37.8. The van der Waals surface area contributed by atoms with Crippen LogP contribution in [0.15, 0.2) is 97.7 Å². The van der Waals surface area contributed by atoms with Gasteiger partial charge in [0.15, 0.2) is 15.6 Å². The van der Waals surface area contributed by atoms with Gasteiger partial charge in [-0.2, -0.15) is 40.2 Å². The zero-order valence-corrected chi connectivity index (χ0v) is 29.0. The minimum Gasteiger partial charge on any atom is -0.505 e. The van der Waals surface area contributed by atoms with Crippen molar-refractivity contribution >= 4 is 91.8 Å². The average molecular weight is 797 g/mol. The number of hydrogen-bond donors (Lipinski definition) is 7. The number of rotatable bonds is 13. The van der Waals surface area contributed by atoms with Crippen LogP contribution in [0.1, 0.15) is 0 Å². The third-order valence-corrected chi connectivity index (χ3v) is 10.7. The van der Waals surface area contributed by atoms with Crippen molar-refractivity contribution in [1.82, 2.24) is 15.0 Å². The van der Waals surface area contributed by atoms with E-state index in [0.717, 1.165) is 24.3 Å². The monoisotopic (exact) mass is 796 g/mol. The molecule has 274 valence electrons. The summed E-state index contributed by atoms with van der Waals surface area (Å²) in [6.07, 6.45) is 0. The zero-order chi connectivity index (χ0) is 38.1. The van der Waals surface area contributed by atoms with E-state index in [0.29, 0.717) is 0 Å². The fourth-order valence-electron chi connectivity index (χ4n) is 4.60. The van der Waals surface area contributed by atoms with Crippen LogP contribution in [0.3, 0.4) is 0 Å². The molecule has 0 aliphatic carbocycles. The summed E-state index contributed by atoms with van der Waals surface area (Å²) >= 11 is 0. The van der Waals surface area contributed by atoms with E-state index < -0.39 is 84.6 Å². The SMILES string of the molecule is Nc1nc(Nc2ccccc2S(=O)(=O)O)nc(Nc2cccc3cc(S(=O)(=O)O)c(N=Nc4ccccc4S(=O)(=O)CCOS(=O)(=O)O)c(O)c23)n1. The van der Waals surface area contributed by atoms with E-state index >= 15 is 0 Å². The third-order valence-electron chi connectivity index (χ3n) is 6.71. The maximum absolute atomic E-state index is 12.9. The van der Waals surface area contributed by atoms with E-state index in [-0.39, 0.29) is 40.0 Å². The van der Waals surface area contributed by atoms with Gasteiger partial charge in [-0.15, -0.1) is 10.2 Å². The highest BCUT2D eigenvalue weighted by Crippen LogP contribution is 2.45. The van der Waals surface area contributed by atoms with Gasteiger partial charge in [0.2, 0.25) is 17.8 Å². The van der Waals surface area contributed by atoms with Gasteiger partial charge in [0.05, 0.1) is 28.6 Å². The fraction of sp³-hybridized carbons (Fsp3) is 0.0741. The number of benzene rings is 4. The second kappa shape index (κ2) is 14.3. The molecule has 0 aliphatic rings. The van der Waals surface area contributed by atoms with Crippen molar-refractivity contribution < 1.29 is 56.6 Å². The maximum atomic E-state index is 12.9. The van der Waals surface area contributed by atoms with Crippen LogP contribution >= 0.6 is 0 Å². The molecule has 0 aliphatic heterocycles. The lowest BCUT2D eigenvalue weighted by atomic mass is 10.1. The molecule has 0 saturated heterocycles. The van der Waals surface area contributed by atoms with Gasteiger partial charge in [-0.3, -0.25) is 13.7 Å². The van der Waals surface area contributed by atoms with E-state index in [1.165, 1.54) is 48.5 Å². The highest BCUT2D eigenvalue weighted by molar-refractivity contribution is 7.91. The summed E-state index contributed by atoms with van der Waals surface area (Å²) in [5.74, 6) is -2.73. The highest BCUT2D eigenvalue weighted by Gasteiger charge is 2.25. The van der Waals surface area contributed by atoms with Crippen molar-refractivity contribution in [3.05, 3.63) is 72.8 Å². The standard InChI is InChI=1S/C27H24N8O13S4/c28-25-31-26(29-16-7-1-4-11-20(16)50(39,40)41)33-27(32-25)30-18-9-5-6-15-14-21(51(42,43)44)23(24(36)22(15)18)35-34-17-8-2-3-10-19(17)49(37,38)13-12-48-52(45,46)47/h1-11,14,36H,12-13H2,(H,39,40,41)(H,42,43,44)(H,45,46,47)(H4,28,29,30,31,32,33). The number of aromatic nitrogens is 3. The van der Waals surface area contributed by atoms with Crippen molar-refractivity contribution in [1.29, 1.82) is 0 Å². The molecule has 52 heavy (non-hydrogen) atoms. The second-order valence-corrected chi connectivity index (χ2v) is 16.2. The first-order valence-electron chi connectivity index (χ1n) is 14.0. The molecule has 0 unspecified atom stereocenters. The summed E-state index contributed by atoms with van der Waals surface area (Å²) in [6.45, 7) is -0.955. The molecule has 0 fully saturated rings. The van der Waals surface area contributed by atoms with E-state index in [9.17, 15) is 47.9 Å². The quantitative estimate of drug-likeness (QED) is 0.0663. The molecule has 25 heteroatoms. The smallest absolute Gasteiger partial charge is 0.397 e. The van der Waals surface area contributed by atoms with Gasteiger partial charge in [0, 0.05) is 5.39 Å². The number of azo groups is 1. The number of nitrogens with two attached hydrogens (primary N) is 1. The molecular weight excluding hydrogens is 773 g/mol. The maximum Gasteiger partial charge on any atom is 0.397 e. The van der Waals surface area contributed by atoms with Gasteiger partial charge >= 0.3 is 10.4 Å². The second-order valence-electron chi connectivity index (χ2n) is 10.2. The zero-order valence-electron chi connectivity index (χ0n) is 25.8. The number of nitrogens with zero attached hydrogens (tertiary/aromatic N) is 5. The Bertz CT molecular complexity index is 2690. The third kappa shape index (κ3) is 8.90. The Hall–Kier alpha value is -5.41. The molecule has 5 aromatic rings. The Balaban J connectivity index is 1.57. The highest BCUT2D eigenvalue weighted by atomic mass is 32.3. The first-order chi connectivity index (χ1) is 24.2. The molecule has 0 saturated carbocycles. The first-order valence-corrected chi connectivity index (χ1v) is 19.9. The minimum atomic E-state index is -5.11. The Morgan fingerprint density at radius 3 is 1.90 bits per heavy atom. The Morgan fingerprint density at radius 2 is 1.27 bits per heavy atom. The number of para-hydroxylation sites is 1. The number of nitrogens with one attached hydrogen (secondary N) is 2. The molecule has 4 aromatic carbocycles. The van der Waals surface area contributed by atoms with Crippen LogP contribution in [0.25, 0.3) is 10.8 Å². The number of hydrogen-bond acceptors (Lipinski definition) is 18. The largest absolute Gasteiger partial charge is 0.505 e. The molecule has 21 nitrogen and oxygen atoms in total. The summed E-state index contributed by atoms with van der Waals surface area (Å²) in [4.78, 5) is 10.1. The molecule has 0 bridgehead atoms. The van der Waals surface area contributed by atoms with Gasteiger partial charge in [-0.05, 0) is 41.8 Å². The van der Waals surface area contributed by atoms with E-state index in [1.807, 2.05) is 0 Å². The number of aromatic hydroxyl groups is 1. The molecule has 0 radical (unpaired) electrons. The fourth-order valence-corrected chi connectivity index (χ4v) is 7.54. The predicted octanol–water partition coefficient (Wildman–Crippen LogP) is 3.30. The Morgan fingerprint density at radius 1 is 0.692 bits per heavy atom. The topological polar surface area (TPSA) is 340 Å². The molecule has 8 N–H and O–H groups in total. The van der Waals surface area contributed by atoms with Crippen LogP contribution in [-0.2, 0) is 44.7 Å². The van der Waals surface area contributed by atoms with Crippen LogP contribution in [0.2, 0.25) is 0 Å². The molecule has 1 heterocycles. The number of phenolic OH excluding ortho intramolecular Hbond substituents is 1. The number of fused-ring (bicyclic) bond motifs is 1. The van der Waals surface area contributed by atoms with E-state index in [1.54, 1.807) is 0 Å². The number of anilines is 5. The molecule has 1 aromatic heterocycles. The molecule has 0 amide bonds. The van der Waals surface area contributed by atoms with E-state index in [2.05, 4.69) is 40.0 Å². The van der Waals surface area contributed by atoms with Gasteiger partial charge < -0.3 is 21.5 Å². The van der Waals surface area contributed by atoms with Crippen LogP contribution in [-0.4, -0.2) is 79.7 Å². The predicted molar refractivity (Wildman–Crippen MR) is 183 cm³/mol. The van der Waals surface area contributed by atoms with Crippen LogP contribution < -0.4 is 16.4 Å². The molecule has 5 rings (SSSR count). The van der Waals surface area contributed by atoms with E-state index in [4.69, 9.17) is 10.3 Å². The Kier molecular flexibility index (Phi) is 10.4. The lowest BCUT2D eigenvalue weighted by Crippen LogP contribution is -2.15. The summed E-state index contributed by atoms with van der Waals surface area (Å²) in [7, 11) is -19.1. The summed E-state index contributed by atoms with van der Waals surface area (Å²) in [5.41, 5.74) is 4.51. The average Bonchev–Trinajstić information content (AvgIpc) is 3.02.